The van der Waals surface area contributed by atoms with Gasteiger partial charge in [-0.15, -0.1) is 0 Å². The zero-order chi connectivity index (χ0) is 28.3. The molecule has 7 heteroatoms. The van der Waals surface area contributed by atoms with Crippen LogP contribution in [-0.4, -0.2) is 59.5 Å². The molecule has 3 heterocycles. The maximum atomic E-state index is 13.0. The standard InChI is InChI=1S/C34H42N4O3/c1-4-37-16-7-8-28(37)22-41-29-14-12-24-18-26(11-10-25(24)19-29)33-30-20-27(34(39)35-21-23(2)3)13-15-31(30)38(36-33)32-9-5-6-17-40-32/h10-15,18-20,23,28,32H,4-9,16-17,21-22H2,1-3H3,(H,35,39). The molecule has 0 aliphatic carbocycles. The van der Waals surface area contributed by atoms with E-state index < -0.39 is 0 Å². The van der Waals surface area contributed by atoms with Gasteiger partial charge in [-0.05, 0) is 98.3 Å². The van der Waals surface area contributed by atoms with Crippen LogP contribution in [0.1, 0.15) is 69.5 Å². The third-order valence-electron chi connectivity index (χ3n) is 8.50. The molecule has 1 amide bonds. The van der Waals surface area contributed by atoms with Crippen LogP contribution in [0.3, 0.4) is 0 Å². The number of nitrogens with one attached hydrogen (secondary N) is 1. The Bertz CT molecular complexity index is 1520. The number of carbonyl (C=O) groups is 1. The smallest absolute Gasteiger partial charge is 0.251 e. The number of benzene rings is 3. The largest absolute Gasteiger partial charge is 0.492 e. The molecule has 2 atom stereocenters. The highest BCUT2D eigenvalue weighted by Crippen LogP contribution is 2.35. The Morgan fingerprint density at radius 1 is 1.05 bits per heavy atom. The van der Waals surface area contributed by atoms with Crippen LogP contribution in [-0.2, 0) is 4.74 Å². The van der Waals surface area contributed by atoms with Gasteiger partial charge in [-0.2, -0.15) is 5.10 Å². The number of fused-ring (bicyclic) bond motifs is 2. The number of ether oxygens (including phenoxy) is 2. The van der Waals surface area contributed by atoms with Crippen LogP contribution in [0.5, 0.6) is 5.75 Å². The van der Waals surface area contributed by atoms with Crippen molar-refractivity contribution in [3.63, 3.8) is 0 Å². The van der Waals surface area contributed by atoms with E-state index in [1.807, 2.05) is 22.9 Å². The fraction of sp³-hybridized carbons (Fsp3) is 0.471. The number of aromatic nitrogens is 2. The lowest BCUT2D eigenvalue weighted by molar-refractivity contribution is -0.0365. The molecular formula is C34H42N4O3. The molecule has 7 nitrogen and oxygen atoms in total. The zero-order valence-corrected chi connectivity index (χ0v) is 24.6. The third kappa shape index (κ3) is 5.97. The summed E-state index contributed by atoms with van der Waals surface area (Å²) in [5, 5.41) is 11.4. The van der Waals surface area contributed by atoms with Crippen LogP contribution < -0.4 is 10.1 Å². The van der Waals surface area contributed by atoms with Crippen molar-refractivity contribution in [2.45, 2.75) is 65.1 Å². The first-order chi connectivity index (χ1) is 20.0. The Morgan fingerprint density at radius 2 is 1.90 bits per heavy atom. The van der Waals surface area contributed by atoms with Gasteiger partial charge in [-0.1, -0.05) is 39.0 Å². The number of carbonyl (C=O) groups excluding carboxylic acids is 1. The van der Waals surface area contributed by atoms with E-state index in [2.05, 4.69) is 67.4 Å². The second kappa shape index (κ2) is 12.2. The summed E-state index contributed by atoms with van der Waals surface area (Å²) in [5.41, 5.74) is 3.53. The minimum atomic E-state index is -0.0933. The number of amides is 1. The molecule has 216 valence electrons. The number of hydrogen-bond acceptors (Lipinski definition) is 5. The van der Waals surface area contributed by atoms with Gasteiger partial charge in [0.15, 0.2) is 6.23 Å². The minimum Gasteiger partial charge on any atom is -0.492 e. The average molecular weight is 555 g/mol. The third-order valence-corrected chi connectivity index (χ3v) is 8.50. The van der Waals surface area contributed by atoms with Crippen molar-refractivity contribution < 1.29 is 14.3 Å². The molecule has 2 aliphatic rings. The molecule has 2 aliphatic heterocycles. The molecular weight excluding hydrogens is 512 g/mol. The van der Waals surface area contributed by atoms with Crippen molar-refractivity contribution >= 4 is 27.6 Å². The van der Waals surface area contributed by atoms with E-state index in [0.29, 0.717) is 24.1 Å². The Kier molecular flexibility index (Phi) is 8.26. The Morgan fingerprint density at radius 3 is 2.71 bits per heavy atom. The predicted octanol–water partition coefficient (Wildman–Crippen LogP) is 6.80. The summed E-state index contributed by atoms with van der Waals surface area (Å²) in [7, 11) is 0. The second-order valence-corrected chi connectivity index (χ2v) is 11.9. The highest BCUT2D eigenvalue weighted by atomic mass is 16.5. The van der Waals surface area contributed by atoms with Gasteiger partial charge in [0.05, 0.1) is 5.52 Å². The molecule has 1 aromatic heterocycles. The summed E-state index contributed by atoms with van der Waals surface area (Å²) in [5.74, 6) is 1.25. The van der Waals surface area contributed by atoms with Crippen molar-refractivity contribution in [1.82, 2.24) is 20.0 Å². The molecule has 6 rings (SSSR count). The lowest BCUT2D eigenvalue weighted by atomic mass is 10.0. The van der Waals surface area contributed by atoms with E-state index in [1.165, 1.54) is 19.4 Å². The Labute approximate surface area is 242 Å². The van der Waals surface area contributed by atoms with Crippen molar-refractivity contribution in [2.75, 3.05) is 32.8 Å². The number of hydrogen-bond donors (Lipinski definition) is 1. The normalized spacial score (nSPS) is 19.8. The summed E-state index contributed by atoms with van der Waals surface area (Å²) in [6.07, 6.45) is 5.50. The van der Waals surface area contributed by atoms with Crippen LogP contribution in [0.15, 0.2) is 54.6 Å². The molecule has 0 saturated carbocycles. The van der Waals surface area contributed by atoms with Crippen LogP contribution in [0.25, 0.3) is 32.9 Å². The average Bonchev–Trinajstić information content (AvgIpc) is 3.63. The second-order valence-electron chi connectivity index (χ2n) is 11.9. The molecule has 2 unspecified atom stereocenters. The molecule has 0 bridgehead atoms. The summed E-state index contributed by atoms with van der Waals surface area (Å²) >= 11 is 0. The van der Waals surface area contributed by atoms with Crippen LogP contribution in [0.4, 0.5) is 0 Å². The monoisotopic (exact) mass is 554 g/mol. The highest BCUT2D eigenvalue weighted by molar-refractivity contribution is 6.02. The Hall–Kier alpha value is -3.42. The van der Waals surface area contributed by atoms with E-state index in [-0.39, 0.29) is 12.1 Å². The van der Waals surface area contributed by atoms with Gasteiger partial charge in [-0.25, -0.2) is 4.68 Å². The maximum Gasteiger partial charge on any atom is 0.251 e. The molecule has 1 N–H and O–H groups in total. The first-order valence-corrected chi connectivity index (χ1v) is 15.3. The first-order valence-electron chi connectivity index (χ1n) is 15.3. The topological polar surface area (TPSA) is 68.6 Å². The SMILES string of the molecule is CCN1CCCC1COc1ccc2cc(-c3nn(C4CCCCO4)c4ccc(C(=O)NCC(C)C)cc34)ccc2c1. The van der Waals surface area contributed by atoms with Gasteiger partial charge in [0.25, 0.3) is 5.91 Å². The van der Waals surface area contributed by atoms with Gasteiger partial charge in [-0.3, -0.25) is 9.69 Å². The van der Waals surface area contributed by atoms with Crippen LogP contribution in [0, 0.1) is 5.92 Å². The highest BCUT2D eigenvalue weighted by Gasteiger charge is 2.24. The van der Waals surface area contributed by atoms with Crippen molar-refractivity contribution in [3.05, 3.63) is 60.2 Å². The van der Waals surface area contributed by atoms with E-state index in [0.717, 1.165) is 77.7 Å². The molecule has 41 heavy (non-hydrogen) atoms. The molecule has 0 radical (unpaired) electrons. The fourth-order valence-corrected chi connectivity index (χ4v) is 6.18. The number of nitrogens with zero attached hydrogens (tertiary/aromatic N) is 3. The quantitative estimate of drug-likeness (QED) is 0.246. The summed E-state index contributed by atoms with van der Waals surface area (Å²) in [4.78, 5) is 15.5. The molecule has 4 aromatic rings. The molecule has 3 aromatic carbocycles. The van der Waals surface area contributed by atoms with Gasteiger partial charge >= 0.3 is 0 Å². The first kappa shape index (κ1) is 27.7. The number of likely N-dealkylation sites (tertiary alicyclic amines) is 1. The summed E-state index contributed by atoms with van der Waals surface area (Å²) < 4.78 is 14.4. The zero-order valence-electron chi connectivity index (χ0n) is 24.6. The van der Waals surface area contributed by atoms with Gasteiger partial charge in [0, 0.05) is 35.7 Å². The van der Waals surface area contributed by atoms with Crippen LogP contribution >= 0.6 is 0 Å². The van der Waals surface area contributed by atoms with Crippen molar-refractivity contribution in [3.8, 4) is 17.0 Å². The van der Waals surface area contributed by atoms with Gasteiger partial charge in [0.2, 0.25) is 0 Å². The maximum absolute atomic E-state index is 13.0. The minimum absolute atomic E-state index is 0.0566. The van der Waals surface area contributed by atoms with E-state index in [4.69, 9.17) is 14.6 Å². The van der Waals surface area contributed by atoms with E-state index >= 15 is 0 Å². The summed E-state index contributed by atoms with van der Waals surface area (Å²) in [6, 6.07) is 19.2. The predicted molar refractivity (Wildman–Crippen MR) is 164 cm³/mol. The Balaban J connectivity index is 1.31. The molecule has 2 saturated heterocycles. The summed E-state index contributed by atoms with van der Waals surface area (Å²) in [6.45, 7) is 10.8. The van der Waals surface area contributed by atoms with Crippen molar-refractivity contribution in [2.24, 2.45) is 5.92 Å². The van der Waals surface area contributed by atoms with Gasteiger partial charge in [0.1, 0.15) is 18.1 Å². The van der Waals surface area contributed by atoms with E-state index in [9.17, 15) is 4.79 Å². The lowest BCUT2D eigenvalue weighted by Gasteiger charge is -2.23. The molecule has 0 spiro atoms. The molecule has 2 fully saturated rings. The van der Waals surface area contributed by atoms with E-state index in [1.54, 1.807) is 0 Å². The lowest BCUT2D eigenvalue weighted by Crippen LogP contribution is -2.33. The van der Waals surface area contributed by atoms with Crippen molar-refractivity contribution in [1.29, 1.82) is 0 Å². The van der Waals surface area contributed by atoms with Crippen LogP contribution in [0.2, 0.25) is 0 Å². The van der Waals surface area contributed by atoms with Gasteiger partial charge < -0.3 is 14.8 Å². The fourth-order valence-electron chi connectivity index (χ4n) is 6.18. The number of rotatable bonds is 9. The number of likely N-dealkylation sites (N-methyl/N-ethyl adjacent to an activating group) is 1.